The Morgan fingerprint density at radius 3 is 2.43 bits per heavy atom. The van der Waals surface area contributed by atoms with E-state index in [9.17, 15) is 5.11 Å². The standard InChI is InChI=1S/C27H45NO2/c1-16-7-12-27(28-15-16)17(2)24-23(30-27)14-22-20-6-5-18-13-19(29)8-10-25(18,3)21(20)9-11-26(22,24)4/h16-24,28-29H,5-15H2,1-4H3/t16-,17+,18+,19+,20-,21+,22+,23-,24-,25+,26+,27+/m1/s1. The van der Waals surface area contributed by atoms with Gasteiger partial charge in [0.1, 0.15) is 5.72 Å². The highest BCUT2D eigenvalue weighted by molar-refractivity contribution is 5.16. The first-order chi connectivity index (χ1) is 14.3. The van der Waals surface area contributed by atoms with Crippen LogP contribution in [0.15, 0.2) is 0 Å². The maximum atomic E-state index is 10.3. The van der Waals surface area contributed by atoms with Gasteiger partial charge in [0, 0.05) is 12.5 Å². The Hall–Kier alpha value is -0.120. The number of aliphatic hydroxyl groups excluding tert-OH is 1. The second kappa shape index (κ2) is 6.70. The van der Waals surface area contributed by atoms with Gasteiger partial charge in [-0.15, -0.1) is 0 Å². The summed E-state index contributed by atoms with van der Waals surface area (Å²) in [5.74, 6) is 5.57. The summed E-state index contributed by atoms with van der Waals surface area (Å²) in [6, 6.07) is 0. The molecule has 1 spiro atoms. The average molecular weight is 416 g/mol. The molecule has 0 aromatic rings. The smallest absolute Gasteiger partial charge is 0.122 e. The van der Waals surface area contributed by atoms with Crippen molar-refractivity contribution < 1.29 is 9.84 Å². The van der Waals surface area contributed by atoms with Crippen LogP contribution in [0.25, 0.3) is 0 Å². The lowest BCUT2D eigenvalue weighted by Gasteiger charge is -2.61. The van der Waals surface area contributed by atoms with Crippen molar-refractivity contribution in [3.05, 3.63) is 0 Å². The second-order valence-electron chi connectivity index (χ2n) is 13.3. The maximum Gasteiger partial charge on any atom is 0.122 e. The molecule has 6 rings (SSSR count). The fourth-order valence-electron chi connectivity index (χ4n) is 10.4. The minimum atomic E-state index is -0.0320. The van der Waals surface area contributed by atoms with Crippen molar-refractivity contribution in [2.45, 2.75) is 110 Å². The zero-order valence-corrected chi connectivity index (χ0v) is 19.8. The molecule has 6 fully saturated rings. The molecule has 2 saturated heterocycles. The van der Waals surface area contributed by atoms with Crippen molar-refractivity contribution in [1.82, 2.24) is 5.32 Å². The third-order valence-electron chi connectivity index (χ3n) is 12.1. The molecule has 0 amide bonds. The van der Waals surface area contributed by atoms with Crippen LogP contribution >= 0.6 is 0 Å². The quantitative estimate of drug-likeness (QED) is 0.559. The van der Waals surface area contributed by atoms with Gasteiger partial charge in [-0.3, -0.25) is 5.32 Å². The van der Waals surface area contributed by atoms with Crippen molar-refractivity contribution in [2.24, 2.45) is 52.3 Å². The van der Waals surface area contributed by atoms with Crippen LogP contribution in [0.1, 0.15) is 91.9 Å². The Labute approximate surface area is 184 Å². The van der Waals surface area contributed by atoms with E-state index in [1.807, 2.05) is 0 Å². The van der Waals surface area contributed by atoms with Gasteiger partial charge in [-0.05, 0) is 111 Å². The Morgan fingerprint density at radius 2 is 1.67 bits per heavy atom. The fourth-order valence-corrected chi connectivity index (χ4v) is 10.4. The summed E-state index contributed by atoms with van der Waals surface area (Å²) in [6.45, 7) is 11.3. The number of hydrogen-bond acceptors (Lipinski definition) is 3. The van der Waals surface area contributed by atoms with E-state index in [-0.39, 0.29) is 11.8 Å². The third kappa shape index (κ3) is 2.61. The van der Waals surface area contributed by atoms with E-state index in [4.69, 9.17) is 4.74 Å². The number of aliphatic hydroxyl groups is 1. The Balaban J connectivity index is 1.26. The molecule has 30 heavy (non-hydrogen) atoms. The van der Waals surface area contributed by atoms with Crippen molar-refractivity contribution in [1.29, 1.82) is 0 Å². The van der Waals surface area contributed by atoms with Crippen molar-refractivity contribution in [3.63, 3.8) is 0 Å². The molecule has 6 aliphatic rings. The van der Waals surface area contributed by atoms with Gasteiger partial charge in [-0.25, -0.2) is 0 Å². The number of hydrogen-bond donors (Lipinski definition) is 2. The highest BCUT2D eigenvalue weighted by Crippen LogP contribution is 2.71. The molecule has 12 atom stereocenters. The molecule has 0 unspecified atom stereocenters. The first kappa shape index (κ1) is 20.5. The molecule has 3 heteroatoms. The first-order valence-electron chi connectivity index (χ1n) is 13.4. The van der Waals surface area contributed by atoms with Crippen molar-refractivity contribution in [2.75, 3.05) is 6.54 Å². The zero-order chi connectivity index (χ0) is 20.9. The molecule has 2 heterocycles. The number of nitrogens with one attached hydrogen (secondary N) is 1. The molecule has 0 bridgehead atoms. The predicted octanol–water partition coefficient (Wildman–Crippen LogP) is 5.37. The van der Waals surface area contributed by atoms with Gasteiger partial charge >= 0.3 is 0 Å². The number of fused-ring (bicyclic) bond motifs is 7. The van der Waals surface area contributed by atoms with E-state index in [1.165, 1.54) is 51.4 Å². The molecule has 4 saturated carbocycles. The predicted molar refractivity (Wildman–Crippen MR) is 120 cm³/mol. The number of rotatable bonds is 0. The highest BCUT2D eigenvalue weighted by atomic mass is 16.5. The van der Waals surface area contributed by atoms with Crippen LogP contribution < -0.4 is 5.32 Å². The van der Waals surface area contributed by atoms with Crippen molar-refractivity contribution >= 4 is 0 Å². The molecule has 4 aliphatic carbocycles. The largest absolute Gasteiger partial charge is 0.393 e. The number of ether oxygens (including phenoxy) is 1. The number of piperidine rings is 1. The Kier molecular flexibility index (Phi) is 4.58. The van der Waals surface area contributed by atoms with E-state index in [1.54, 1.807) is 0 Å². The normalized spacial score (nSPS) is 62.5. The van der Waals surface area contributed by atoms with Gasteiger partial charge in [0.25, 0.3) is 0 Å². The first-order valence-corrected chi connectivity index (χ1v) is 13.4. The second-order valence-corrected chi connectivity index (χ2v) is 13.3. The summed E-state index contributed by atoms with van der Waals surface area (Å²) < 4.78 is 7.01. The molecule has 170 valence electrons. The molecule has 3 nitrogen and oxygen atoms in total. The summed E-state index contributed by atoms with van der Waals surface area (Å²) >= 11 is 0. The fraction of sp³-hybridized carbons (Fsp3) is 1.00. The van der Waals surface area contributed by atoms with E-state index in [0.717, 1.165) is 54.9 Å². The van der Waals surface area contributed by atoms with E-state index < -0.39 is 0 Å². The van der Waals surface area contributed by atoms with Crippen molar-refractivity contribution in [3.8, 4) is 0 Å². The minimum absolute atomic E-state index is 0.0319. The van der Waals surface area contributed by atoms with Gasteiger partial charge in [0.15, 0.2) is 0 Å². The lowest BCUT2D eigenvalue weighted by molar-refractivity contribution is -0.140. The van der Waals surface area contributed by atoms with Crippen LogP contribution in [-0.2, 0) is 4.74 Å². The van der Waals surface area contributed by atoms with Crippen LogP contribution in [0.2, 0.25) is 0 Å². The van der Waals surface area contributed by atoms with Gasteiger partial charge in [-0.2, -0.15) is 0 Å². The lowest BCUT2D eigenvalue weighted by atomic mass is 9.44. The van der Waals surface area contributed by atoms with Gasteiger partial charge < -0.3 is 9.84 Å². The Bertz CT molecular complexity index is 686. The molecule has 2 N–H and O–H groups in total. The summed E-state index contributed by atoms with van der Waals surface area (Å²) in [7, 11) is 0. The van der Waals surface area contributed by atoms with E-state index in [2.05, 4.69) is 33.0 Å². The van der Waals surface area contributed by atoms with Crippen LogP contribution in [0.3, 0.4) is 0 Å². The molecular formula is C27H45NO2. The molecule has 0 aromatic heterocycles. The summed E-state index contributed by atoms with van der Waals surface area (Å²) in [6.07, 6.45) is 13.2. The summed E-state index contributed by atoms with van der Waals surface area (Å²) in [5.41, 5.74) is 0.919. The highest BCUT2D eigenvalue weighted by Gasteiger charge is 2.68. The van der Waals surface area contributed by atoms with Crippen LogP contribution in [-0.4, -0.2) is 29.6 Å². The zero-order valence-electron chi connectivity index (χ0n) is 19.8. The summed E-state index contributed by atoms with van der Waals surface area (Å²) in [5, 5.41) is 14.2. The van der Waals surface area contributed by atoms with Gasteiger partial charge in [0.2, 0.25) is 0 Å². The average Bonchev–Trinajstić information content (AvgIpc) is 3.16. The molecule has 0 radical (unpaired) electrons. The minimum Gasteiger partial charge on any atom is -0.393 e. The third-order valence-corrected chi connectivity index (χ3v) is 12.1. The Morgan fingerprint density at radius 1 is 0.867 bits per heavy atom. The lowest BCUT2D eigenvalue weighted by Crippen LogP contribution is -2.57. The molecule has 2 aliphatic heterocycles. The maximum absolute atomic E-state index is 10.3. The van der Waals surface area contributed by atoms with Crippen LogP contribution in [0, 0.1) is 52.3 Å². The molecule has 0 aromatic carbocycles. The monoisotopic (exact) mass is 415 g/mol. The van der Waals surface area contributed by atoms with E-state index >= 15 is 0 Å². The van der Waals surface area contributed by atoms with Gasteiger partial charge in [0.05, 0.1) is 12.2 Å². The van der Waals surface area contributed by atoms with E-state index in [0.29, 0.717) is 22.9 Å². The SMILES string of the molecule is C[C@@H]1CC[C@]2(NC1)O[C@@H]1C[C@H]3[C@@H]4CC[C@H]5C[C@@H](O)CC[C@]5(C)[C@H]4CC[C@]3(C)[C@@H]1[C@@H]2C. The summed E-state index contributed by atoms with van der Waals surface area (Å²) in [4.78, 5) is 0. The van der Waals surface area contributed by atoms with Gasteiger partial charge in [-0.1, -0.05) is 27.7 Å². The topological polar surface area (TPSA) is 41.5 Å². The molecular weight excluding hydrogens is 370 g/mol. The van der Waals surface area contributed by atoms with Crippen LogP contribution in [0.5, 0.6) is 0 Å². The van der Waals surface area contributed by atoms with Crippen LogP contribution in [0.4, 0.5) is 0 Å².